The van der Waals surface area contributed by atoms with Crippen LogP contribution in [0, 0.1) is 0 Å². The normalized spacial score (nSPS) is 16.4. The van der Waals surface area contributed by atoms with E-state index in [2.05, 4.69) is 0 Å². The second kappa shape index (κ2) is 5.83. The van der Waals surface area contributed by atoms with Crippen molar-refractivity contribution in [1.82, 2.24) is 0 Å². The van der Waals surface area contributed by atoms with Crippen LogP contribution in [0.2, 0.25) is 0 Å². The molecule has 0 aliphatic carbocycles. The van der Waals surface area contributed by atoms with Crippen LogP contribution in [0.4, 0.5) is 0 Å². The van der Waals surface area contributed by atoms with Crippen LogP contribution < -0.4 is 5.73 Å². The largest absolute Gasteiger partial charge is 0.394 e. The van der Waals surface area contributed by atoms with Crippen molar-refractivity contribution in [1.29, 1.82) is 0 Å². The van der Waals surface area contributed by atoms with Gasteiger partial charge in [0.15, 0.2) is 0 Å². The fraction of sp³-hybridized carbons (Fsp3) is 1.00. The third-order valence-electron chi connectivity index (χ3n) is 1.42. The van der Waals surface area contributed by atoms with Gasteiger partial charge in [0.05, 0.1) is 18.8 Å². The summed E-state index contributed by atoms with van der Waals surface area (Å²) >= 11 is 1.70. The number of ether oxygens (including phenoxy) is 1. The molecule has 11 heavy (non-hydrogen) atoms. The van der Waals surface area contributed by atoms with Gasteiger partial charge in [-0.15, -0.1) is 0 Å². The van der Waals surface area contributed by atoms with Crippen LogP contribution in [0.3, 0.4) is 0 Å². The van der Waals surface area contributed by atoms with Gasteiger partial charge in [-0.3, -0.25) is 0 Å². The van der Waals surface area contributed by atoms with Gasteiger partial charge in [-0.05, 0) is 13.2 Å². The van der Waals surface area contributed by atoms with Crippen LogP contribution in [0.25, 0.3) is 0 Å². The fourth-order valence-corrected chi connectivity index (χ4v) is 1.57. The second-order valence-corrected chi connectivity index (χ2v) is 3.53. The number of nitrogens with two attached hydrogens (primary N) is 1. The SMILES string of the molecule is CSCC(C)(CN)OCCO. The van der Waals surface area contributed by atoms with E-state index < -0.39 is 0 Å². The summed E-state index contributed by atoms with van der Waals surface area (Å²) in [5.41, 5.74) is 5.24. The fourth-order valence-electron chi connectivity index (χ4n) is 0.757. The summed E-state index contributed by atoms with van der Waals surface area (Å²) in [6.45, 7) is 2.88. The molecule has 0 saturated carbocycles. The van der Waals surface area contributed by atoms with Crippen LogP contribution in [0.15, 0.2) is 0 Å². The van der Waals surface area contributed by atoms with Gasteiger partial charge in [-0.25, -0.2) is 0 Å². The number of thioether (sulfide) groups is 1. The number of rotatable bonds is 6. The predicted molar refractivity (Wildman–Crippen MR) is 48.9 cm³/mol. The van der Waals surface area contributed by atoms with Crippen molar-refractivity contribution in [3.8, 4) is 0 Å². The first-order valence-electron chi connectivity index (χ1n) is 3.62. The van der Waals surface area contributed by atoms with E-state index in [1.165, 1.54) is 0 Å². The standard InChI is InChI=1S/C7H17NO2S/c1-7(5-8,6-11-2)10-4-3-9/h9H,3-6,8H2,1-2H3. The number of hydrogen-bond donors (Lipinski definition) is 2. The lowest BCUT2D eigenvalue weighted by atomic mass is 10.1. The number of aliphatic hydroxyl groups excluding tert-OH is 1. The maximum atomic E-state index is 8.52. The van der Waals surface area contributed by atoms with Crippen LogP contribution in [-0.2, 0) is 4.74 Å². The van der Waals surface area contributed by atoms with Gasteiger partial charge in [-0.2, -0.15) is 11.8 Å². The van der Waals surface area contributed by atoms with Crippen molar-refractivity contribution >= 4 is 11.8 Å². The first-order valence-corrected chi connectivity index (χ1v) is 5.02. The minimum absolute atomic E-state index is 0.0595. The van der Waals surface area contributed by atoms with Gasteiger partial charge in [0, 0.05) is 12.3 Å². The Kier molecular flexibility index (Phi) is 5.95. The summed E-state index contributed by atoms with van der Waals surface area (Å²) < 4.78 is 5.37. The Morgan fingerprint density at radius 3 is 2.64 bits per heavy atom. The maximum absolute atomic E-state index is 8.52. The number of hydrogen-bond acceptors (Lipinski definition) is 4. The lowest BCUT2D eigenvalue weighted by molar-refractivity contribution is -0.0230. The highest BCUT2D eigenvalue weighted by atomic mass is 32.2. The summed E-state index contributed by atoms with van der Waals surface area (Å²) in [5, 5.41) is 8.52. The molecular weight excluding hydrogens is 162 g/mol. The number of aliphatic hydroxyl groups is 1. The topological polar surface area (TPSA) is 55.5 Å². The van der Waals surface area contributed by atoms with Gasteiger partial charge in [0.2, 0.25) is 0 Å². The molecule has 0 aliphatic heterocycles. The molecule has 0 aromatic carbocycles. The Bertz CT molecular complexity index is 102. The van der Waals surface area contributed by atoms with Crippen molar-refractivity contribution in [2.45, 2.75) is 12.5 Å². The third kappa shape index (κ3) is 4.63. The Balaban J connectivity index is 3.68. The Morgan fingerprint density at radius 2 is 2.27 bits per heavy atom. The third-order valence-corrected chi connectivity index (χ3v) is 2.32. The lowest BCUT2D eigenvalue weighted by Crippen LogP contribution is -2.40. The van der Waals surface area contributed by atoms with Crippen molar-refractivity contribution in [2.24, 2.45) is 5.73 Å². The summed E-state index contributed by atoms with van der Waals surface area (Å²) in [6.07, 6.45) is 2.01. The van der Waals surface area contributed by atoms with Crippen molar-refractivity contribution in [3.05, 3.63) is 0 Å². The van der Waals surface area contributed by atoms with Crippen molar-refractivity contribution in [2.75, 3.05) is 31.8 Å². The van der Waals surface area contributed by atoms with E-state index >= 15 is 0 Å². The maximum Gasteiger partial charge on any atom is 0.0867 e. The molecule has 3 N–H and O–H groups in total. The van der Waals surface area contributed by atoms with E-state index in [-0.39, 0.29) is 12.2 Å². The van der Waals surface area contributed by atoms with Crippen LogP contribution in [0.5, 0.6) is 0 Å². The van der Waals surface area contributed by atoms with Crippen molar-refractivity contribution in [3.63, 3.8) is 0 Å². The van der Waals surface area contributed by atoms with Gasteiger partial charge in [0.25, 0.3) is 0 Å². The predicted octanol–water partition coefficient (Wildman–Crippen LogP) is 0.0757. The molecule has 0 aromatic heterocycles. The van der Waals surface area contributed by atoms with Gasteiger partial charge in [-0.1, -0.05) is 0 Å². The molecule has 3 nitrogen and oxygen atoms in total. The Labute approximate surface area is 72.3 Å². The molecule has 0 aromatic rings. The van der Waals surface area contributed by atoms with E-state index in [0.29, 0.717) is 13.2 Å². The van der Waals surface area contributed by atoms with E-state index in [0.717, 1.165) is 5.75 Å². The Hall–Kier alpha value is 0.230. The highest BCUT2D eigenvalue weighted by Gasteiger charge is 2.21. The molecule has 4 heteroatoms. The molecule has 1 atom stereocenters. The highest BCUT2D eigenvalue weighted by Crippen LogP contribution is 2.13. The zero-order chi connectivity index (χ0) is 8.74. The van der Waals surface area contributed by atoms with Crippen molar-refractivity contribution < 1.29 is 9.84 Å². The quantitative estimate of drug-likeness (QED) is 0.606. The second-order valence-electron chi connectivity index (χ2n) is 2.66. The van der Waals surface area contributed by atoms with Crippen LogP contribution >= 0.6 is 11.8 Å². The molecule has 68 valence electrons. The molecular formula is C7H17NO2S. The van der Waals surface area contributed by atoms with Gasteiger partial charge < -0.3 is 15.6 Å². The molecule has 0 saturated heterocycles. The average molecular weight is 179 g/mol. The molecule has 0 bridgehead atoms. The summed E-state index contributed by atoms with van der Waals surface area (Å²) in [4.78, 5) is 0. The van der Waals surface area contributed by atoms with E-state index in [1.54, 1.807) is 11.8 Å². The van der Waals surface area contributed by atoms with E-state index in [4.69, 9.17) is 15.6 Å². The molecule has 0 radical (unpaired) electrons. The highest BCUT2D eigenvalue weighted by molar-refractivity contribution is 7.98. The first-order chi connectivity index (χ1) is 5.18. The zero-order valence-corrected chi connectivity index (χ0v) is 7.99. The molecule has 1 unspecified atom stereocenters. The monoisotopic (exact) mass is 179 g/mol. The van der Waals surface area contributed by atoms with E-state index in [9.17, 15) is 0 Å². The van der Waals surface area contributed by atoms with Gasteiger partial charge >= 0.3 is 0 Å². The molecule has 0 heterocycles. The molecule has 0 aliphatic rings. The van der Waals surface area contributed by atoms with E-state index in [1.807, 2.05) is 13.2 Å². The Morgan fingerprint density at radius 1 is 1.64 bits per heavy atom. The molecule has 0 amide bonds. The lowest BCUT2D eigenvalue weighted by Gasteiger charge is -2.27. The van der Waals surface area contributed by atoms with Crippen LogP contribution in [0.1, 0.15) is 6.92 Å². The van der Waals surface area contributed by atoms with Gasteiger partial charge in [0.1, 0.15) is 0 Å². The molecule has 0 fully saturated rings. The minimum atomic E-state index is -0.276. The zero-order valence-electron chi connectivity index (χ0n) is 7.17. The molecule has 0 spiro atoms. The summed E-state index contributed by atoms with van der Waals surface area (Å²) in [5.74, 6) is 0.865. The first kappa shape index (κ1) is 11.2. The average Bonchev–Trinajstić information content (AvgIpc) is 2.02. The molecule has 0 rings (SSSR count). The smallest absolute Gasteiger partial charge is 0.0867 e. The van der Waals surface area contributed by atoms with Crippen LogP contribution in [-0.4, -0.2) is 42.5 Å². The summed E-state index contributed by atoms with van der Waals surface area (Å²) in [6, 6.07) is 0. The summed E-state index contributed by atoms with van der Waals surface area (Å²) in [7, 11) is 0. The minimum Gasteiger partial charge on any atom is -0.394 e.